The predicted molar refractivity (Wildman–Crippen MR) is 124 cm³/mol. The predicted octanol–water partition coefficient (Wildman–Crippen LogP) is 3.09. The number of aromatic nitrogens is 1. The van der Waals surface area contributed by atoms with Gasteiger partial charge in [-0.05, 0) is 31.4 Å². The van der Waals surface area contributed by atoms with Crippen LogP contribution in [0.3, 0.4) is 0 Å². The number of ether oxygens (including phenoxy) is 1. The molecule has 2 fully saturated rings. The van der Waals surface area contributed by atoms with E-state index in [0.717, 1.165) is 12.8 Å². The maximum Gasteiger partial charge on any atom is 0.231 e. The Kier molecular flexibility index (Phi) is 6.34. The van der Waals surface area contributed by atoms with Gasteiger partial charge in [0.15, 0.2) is 11.5 Å². The first-order valence-electron chi connectivity index (χ1n) is 10.6. The number of benzene rings is 1. The molecule has 0 aliphatic heterocycles. The summed E-state index contributed by atoms with van der Waals surface area (Å²) in [4.78, 5) is 37.1. The molecule has 0 saturated heterocycles. The van der Waals surface area contributed by atoms with E-state index >= 15 is 0 Å². The average molecular weight is 452 g/mol. The third kappa shape index (κ3) is 5.00. The number of Topliss-reactive ketones (excluding diaryl/α,β-unsaturated/α-hetero) is 1. The zero-order chi connectivity index (χ0) is 23.5. The number of amides is 1. The fourth-order valence-electron chi connectivity index (χ4n) is 3.43. The number of ketones is 1. The standard InChI is InChI=1S/C23H25FN6O3/c1-26-11-28-22(25)13-4-3-5-17(21(13)33-2)29-18-9-19(30-23(32)14-8-16(14)24)27-10-15(18)20(31)12-6-7-12/h3-5,9-12,14,16H,6-8H2,1-2H3,(H2,25,26,28)(H2,27,29,30,32). The van der Waals surface area contributed by atoms with Gasteiger partial charge in [0, 0.05) is 25.2 Å². The fourth-order valence-corrected chi connectivity index (χ4v) is 3.43. The number of aliphatic imine (C=N–C) groups is 2. The number of hydrogen-bond donors (Lipinski definition) is 3. The van der Waals surface area contributed by atoms with Crippen LogP contribution in [0.5, 0.6) is 5.75 Å². The van der Waals surface area contributed by atoms with Gasteiger partial charge in [-0.15, -0.1) is 0 Å². The number of anilines is 3. The second-order valence-electron chi connectivity index (χ2n) is 8.00. The van der Waals surface area contributed by atoms with Crippen LogP contribution in [-0.2, 0) is 4.79 Å². The molecule has 1 aromatic heterocycles. The molecule has 2 aliphatic carbocycles. The second-order valence-corrected chi connectivity index (χ2v) is 8.00. The number of nitrogens with one attached hydrogen (secondary N) is 2. The Labute approximate surface area is 190 Å². The Morgan fingerprint density at radius 2 is 2.03 bits per heavy atom. The number of carbonyl (C=O) groups excluding carboxylic acids is 2. The highest BCUT2D eigenvalue weighted by Crippen LogP contribution is 2.38. The molecule has 1 heterocycles. The zero-order valence-corrected chi connectivity index (χ0v) is 18.3. The molecule has 0 radical (unpaired) electrons. The number of alkyl halides is 1. The molecule has 0 bridgehead atoms. The highest BCUT2D eigenvalue weighted by molar-refractivity contribution is 6.07. The summed E-state index contributed by atoms with van der Waals surface area (Å²) in [6.45, 7) is 0. The van der Waals surface area contributed by atoms with E-state index in [1.165, 1.54) is 19.6 Å². The lowest BCUT2D eigenvalue weighted by atomic mass is 10.1. The van der Waals surface area contributed by atoms with E-state index < -0.39 is 18.0 Å². The topological polar surface area (TPSA) is 131 Å². The fraction of sp³-hybridized carbons (Fsp3) is 0.348. The van der Waals surface area contributed by atoms with Crippen LogP contribution in [0, 0.1) is 11.8 Å². The van der Waals surface area contributed by atoms with Gasteiger partial charge >= 0.3 is 0 Å². The van der Waals surface area contributed by atoms with Gasteiger partial charge in [0.1, 0.15) is 24.2 Å². The van der Waals surface area contributed by atoms with E-state index in [2.05, 4.69) is 25.6 Å². The van der Waals surface area contributed by atoms with E-state index in [1.807, 2.05) is 0 Å². The normalized spacial score (nSPS) is 19.9. The summed E-state index contributed by atoms with van der Waals surface area (Å²) in [6, 6.07) is 6.86. The van der Waals surface area contributed by atoms with Gasteiger partial charge in [0.2, 0.25) is 5.91 Å². The smallest absolute Gasteiger partial charge is 0.231 e. The number of methoxy groups -OCH3 is 1. The summed E-state index contributed by atoms with van der Waals surface area (Å²) >= 11 is 0. The Hall–Kier alpha value is -3.82. The average Bonchev–Trinajstić information content (AvgIpc) is 3.73. The van der Waals surface area contributed by atoms with Crippen molar-refractivity contribution >= 4 is 41.1 Å². The Bertz CT molecular complexity index is 1150. The molecule has 0 spiro atoms. The summed E-state index contributed by atoms with van der Waals surface area (Å²) in [5, 5.41) is 5.85. The van der Waals surface area contributed by atoms with Crippen molar-refractivity contribution < 1.29 is 18.7 Å². The van der Waals surface area contributed by atoms with Gasteiger partial charge in [0.25, 0.3) is 0 Å². The maximum atomic E-state index is 13.2. The van der Waals surface area contributed by atoms with Crippen molar-refractivity contribution in [2.24, 2.45) is 27.6 Å². The Balaban J connectivity index is 1.68. The molecule has 10 heteroatoms. The molecule has 2 aromatic rings. The van der Waals surface area contributed by atoms with Crippen molar-refractivity contribution in [2.45, 2.75) is 25.4 Å². The first-order valence-corrected chi connectivity index (χ1v) is 10.6. The molecule has 4 rings (SSSR count). The van der Waals surface area contributed by atoms with Gasteiger partial charge < -0.3 is 21.1 Å². The molecule has 2 atom stereocenters. The van der Waals surface area contributed by atoms with Crippen molar-refractivity contribution in [3.63, 3.8) is 0 Å². The van der Waals surface area contributed by atoms with Crippen molar-refractivity contribution in [3.8, 4) is 5.75 Å². The third-order valence-electron chi connectivity index (χ3n) is 5.49. The van der Waals surface area contributed by atoms with Gasteiger partial charge in [-0.25, -0.2) is 14.4 Å². The second kappa shape index (κ2) is 9.35. The van der Waals surface area contributed by atoms with Crippen LogP contribution in [0.1, 0.15) is 35.2 Å². The zero-order valence-electron chi connectivity index (χ0n) is 18.3. The van der Waals surface area contributed by atoms with E-state index in [-0.39, 0.29) is 29.8 Å². The molecule has 9 nitrogen and oxygen atoms in total. The monoisotopic (exact) mass is 452 g/mol. The van der Waals surface area contributed by atoms with Crippen molar-refractivity contribution in [1.29, 1.82) is 0 Å². The Morgan fingerprint density at radius 3 is 2.67 bits per heavy atom. The third-order valence-corrected chi connectivity index (χ3v) is 5.49. The van der Waals surface area contributed by atoms with Crippen LogP contribution in [0.15, 0.2) is 40.4 Å². The number of amidine groups is 1. The van der Waals surface area contributed by atoms with Gasteiger partial charge in [-0.2, -0.15) is 0 Å². The first kappa shape index (κ1) is 22.4. The van der Waals surface area contributed by atoms with Gasteiger partial charge in [0.05, 0.1) is 35.5 Å². The molecule has 2 unspecified atom stereocenters. The van der Waals surface area contributed by atoms with Crippen LogP contribution in [0.25, 0.3) is 0 Å². The van der Waals surface area contributed by atoms with E-state index in [9.17, 15) is 14.0 Å². The molecule has 2 saturated carbocycles. The lowest BCUT2D eigenvalue weighted by molar-refractivity contribution is -0.117. The largest absolute Gasteiger partial charge is 0.494 e. The van der Waals surface area contributed by atoms with Crippen LogP contribution < -0.4 is 21.1 Å². The molecule has 172 valence electrons. The molecular formula is C23H25FN6O3. The molecule has 1 aromatic carbocycles. The van der Waals surface area contributed by atoms with Crippen LogP contribution >= 0.6 is 0 Å². The van der Waals surface area contributed by atoms with Crippen molar-refractivity contribution in [2.75, 3.05) is 24.8 Å². The number of carbonyl (C=O) groups is 2. The molecule has 1 amide bonds. The summed E-state index contributed by atoms with van der Waals surface area (Å²) < 4.78 is 18.8. The number of para-hydroxylation sites is 1. The van der Waals surface area contributed by atoms with Crippen LogP contribution in [0.4, 0.5) is 21.6 Å². The minimum Gasteiger partial charge on any atom is -0.494 e. The lowest BCUT2D eigenvalue weighted by Crippen LogP contribution is -2.17. The number of hydrogen-bond acceptors (Lipinski definition) is 6. The number of pyridine rings is 1. The van der Waals surface area contributed by atoms with Gasteiger partial charge in [-0.3, -0.25) is 14.6 Å². The van der Waals surface area contributed by atoms with Crippen molar-refractivity contribution in [3.05, 3.63) is 41.6 Å². The number of nitrogens with two attached hydrogens (primary N) is 1. The number of halogens is 1. The highest BCUT2D eigenvalue weighted by Gasteiger charge is 2.43. The SMILES string of the molecule is CN=CN=C(N)c1cccc(Nc2cc(NC(=O)C3CC3F)ncc2C(=O)C2CC2)c1OC. The maximum absolute atomic E-state index is 13.2. The first-order chi connectivity index (χ1) is 15.9. The summed E-state index contributed by atoms with van der Waals surface area (Å²) in [5.74, 6) is -0.272. The van der Waals surface area contributed by atoms with Crippen LogP contribution in [-0.4, -0.2) is 49.2 Å². The van der Waals surface area contributed by atoms with E-state index in [4.69, 9.17) is 10.5 Å². The van der Waals surface area contributed by atoms with E-state index in [1.54, 1.807) is 31.3 Å². The van der Waals surface area contributed by atoms with Crippen molar-refractivity contribution in [1.82, 2.24) is 4.98 Å². The molecular weight excluding hydrogens is 427 g/mol. The molecule has 33 heavy (non-hydrogen) atoms. The van der Waals surface area contributed by atoms with Crippen LogP contribution in [0.2, 0.25) is 0 Å². The van der Waals surface area contributed by atoms with E-state index in [0.29, 0.717) is 28.3 Å². The Morgan fingerprint density at radius 1 is 1.27 bits per heavy atom. The number of nitrogens with zero attached hydrogens (tertiary/aromatic N) is 3. The molecule has 2 aliphatic rings. The highest BCUT2D eigenvalue weighted by atomic mass is 19.1. The summed E-state index contributed by atoms with van der Waals surface area (Å²) in [7, 11) is 3.09. The lowest BCUT2D eigenvalue weighted by Gasteiger charge is -2.17. The number of rotatable bonds is 9. The minimum absolute atomic E-state index is 0.0238. The van der Waals surface area contributed by atoms with Gasteiger partial charge in [-0.1, -0.05) is 6.07 Å². The summed E-state index contributed by atoms with van der Waals surface area (Å²) in [6.07, 6.45) is 3.53. The quantitative estimate of drug-likeness (QED) is 0.304. The minimum atomic E-state index is -1.12. The molecule has 4 N–H and O–H groups in total. The summed E-state index contributed by atoms with van der Waals surface area (Å²) in [5.41, 5.74) is 8.02.